The Bertz CT molecular complexity index is 373. The second-order valence-electron chi connectivity index (χ2n) is 2.20. The molecule has 0 amide bonds. The largest absolute Gasteiger partial charge is 0.397 e. The second kappa shape index (κ2) is 3.83. The number of nitriles is 1. The van der Waals surface area contributed by atoms with Crippen LogP contribution in [0.5, 0.6) is 0 Å². The Labute approximate surface area is 86.7 Å². The highest BCUT2D eigenvalue weighted by Crippen LogP contribution is 2.29. The van der Waals surface area contributed by atoms with Crippen LogP contribution in [-0.4, -0.2) is 4.98 Å². The van der Waals surface area contributed by atoms with E-state index >= 15 is 0 Å². The van der Waals surface area contributed by atoms with Gasteiger partial charge in [-0.25, -0.2) is 13.8 Å². The molecule has 0 bridgehead atoms. The molecule has 6 heteroatoms. The van der Waals surface area contributed by atoms with Gasteiger partial charge in [-0.05, 0) is 22.6 Å². The number of nitrogens with zero attached hydrogens (tertiary/aromatic N) is 2. The van der Waals surface area contributed by atoms with Crippen molar-refractivity contribution in [3.05, 3.63) is 21.0 Å². The van der Waals surface area contributed by atoms with Crippen molar-refractivity contribution >= 4 is 28.3 Å². The van der Waals surface area contributed by atoms with Crippen LogP contribution in [0, 0.1) is 14.9 Å². The van der Waals surface area contributed by atoms with Crippen molar-refractivity contribution in [2.75, 3.05) is 5.73 Å². The first-order valence-electron chi connectivity index (χ1n) is 3.20. The van der Waals surface area contributed by atoms with Gasteiger partial charge in [0.15, 0.2) is 5.69 Å². The summed E-state index contributed by atoms with van der Waals surface area (Å²) in [7, 11) is 0. The molecule has 1 aromatic heterocycles. The summed E-state index contributed by atoms with van der Waals surface area (Å²) in [5.74, 6) is 0. The Kier molecular flexibility index (Phi) is 2.98. The molecule has 13 heavy (non-hydrogen) atoms. The number of nitrogen functional groups attached to an aromatic ring is 1. The molecule has 0 spiro atoms. The zero-order valence-electron chi connectivity index (χ0n) is 6.26. The third kappa shape index (κ3) is 1.85. The number of nitrogens with two attached hydrogens (primary N) is 1. The van der Waals surface area contributed by atoms with Crippen molar-refractivity contribution in [1.29, 1.82) is 5.26 Å². The molecule has 0 atom stereocenters. The summed E-state index contributed by atoms with van der Waals surface area (Å²) in [5.41, 5.74) is 4.88. The van der Waals surface area contributed by atoms with E-state index in [2.05, 4.69) is 4.98 Å². The Balaban J connectivity index is 3.43. The maximum absolute atomic E-state index is 12.4. The van der Waals surface area contributed by atoms with Crippen molar-refractivity contribution in [2.24, 2.45) is 0 Å². The normalized spacial score (nSPS) is 10.1. The van der Waals surface area contributed by atoms with Gasteiger partial charge in [-0.15, -0.1) is 0 Å². The number of alkyl halides is 2. The molecule has 0 aliphatic heterocycles. The van der Waals surface area contributed by atoms with Gasteiger partial charge in [0, 0.05) is 3.57 Å². The molecule has 1 rings (SSSR count). The molecule has 0 aromatic carbocycles. The maximum Gasteiger partial charge on any atom is 0.267 e. The van der Waals surface area contributed by atoms with Crippen LogP contribution in [-0.2, 0) is 0 Å². The van der Waals surface area contributed by atoms with Gasteiger partial charge in [0.05, 0.1) is 17.4 Å². The number of pyridine rings is 1. The lowest BCUT2D eigenvalue weighted by atomic mass is 10.2. The number of rotatable bonds is 1. The average molecular weight is 295 g/mol. The molecule has 68 valence electrons. The number of hydrogen-bond donors (Lipinski definition) is 1. The van der Waals surface area contributed by atoms with Crippen LogP contribution in [0.15, 0.2) is 6.20 Å². The average Bonchev–Trinajstić information content (AvgIpc) is 2.08. The van der Waals surface area contributed by atoms with Crippen LogP contribution in [0.1, 0.15) is 17.7 Å². The lowest BCUT2D eigenvalue weighted by Gasteiger charge is -2.06. The molecule has 1 heterocycles. The number of anilines is 1. The summed E-state index contributed by atoms with van der Waals surface area (Å²) >= 11 is 1.67. The third-order valence-electron chi connectivity index (χ3n) is 1.40. The molecule has 0 radical (unpaired) electrons. The van der Waals surface area contributed by atoms with Crippen LogP contribution < -0.4 is 5.73 Å². The summed E-state index contributed by atoms with van der Waals surface area (Å²) in [4.78, 5) is 3.51. The summed E-state index contributed by atoms with van der Waals surface area (Å²) in [6.07, 6.45) is -1.52. The van der Waals surface area contributed by atoms with Crippen molar-refractivity contribution in [3.63, 3.8) is 0 Å². The van der Waals surface area contributed by atoms with E-state index in [0.717, 1.165) is 0 Å². The lowest BCUT2D eigenvalue weighted by molar-refractivity contribution is 0.149. The zero-order valence-corrected chi connectivity index (χ0v) is 8.42. The molecule has 1 aromatic rings. The first-order valence-corrected chi connectivity index (χ1v) is 4.28. The van der Waals surface area contributed by atoms with Gasteiger partial charge < -0.3 is 5.73 Å². The molecule has 0 saturated carbocycles. The summed E-state index contributed by atoms with van der Waals surface area (Å²) < 4.78 is 25.0. The molecule has 0 unspecified atom stereocenters. The molecule has 0 fully saturated rings. The van der Waals surface area contributed by atoms with Gasteiger partial charge in [0.25, 0.3) is 6.43 Å². The Morgan fingerprint density at radius 2 is 2.23 bits per heavy atom. The fraction of sp³-hybridized carbons (Fsp3) is 0.143. The van der Waals surface area contributed by atoms with E-state index < -0.39 is 6.43 Å². The first kappa shape index (κ1) is 10.1. The molecule has 2 N–H and O–H groups in total. The minimum atomic E-state index is -2.72. The van der Waals surface area contributed by atoms with Crippen molar-refractivity contribution in [2.45, 2.75) is 6.43 Å². The van der Waals surface area contributed by atoms with Gasteiger partial charge in [0.1, 0.15) is 6.07 Å². The van der Waals surface area contributed by atoms with Crippen LogP contribution >= 0.6 is 22.6 Å². The quantitative estimate of drug-likeness (QED) is 0.807. The first-order chi connectivity index (χ1) is 6.07. The summed E-state index contributed by atoms with van der Waals surface area (Å²) in [5, 5.41) is 8.49. The van der Waals surface area contributed by atoms with E-state index in [1.807, 2.05) is 0 Å². The SMILES string of the molecule is N#Cc1ncc(N)c(I)c1C(F)F. The molecular formula is C7H4F2IN3. The van der Waals surface area contributed by atoms with Crippen LogP contribution in [0.2, 0.25) is 0 Å². The summed E-state index contributed by atoms with van der Waals surface area (Å²) in [6, 6.07) is 1.59. The van der Waals surface area contributed by atoms with Gasteiger partial charge in [-0.1, -0.05) is 0 Å². The predicted molar refractivity (Wildman–Crippen MR) is 51.0 cm³/mol. The topological polar surface area (TPSA) is 62.7 Å². The van der Waals surface area contributed by atoms with Gasteiger partial charge in [0.2, 0.25) is 0 Å². The van der Waals surface area contributed by atoms with Crippen molar-refractivity contribution < 1.29 is 8.78 Å². The fourth-order valence-corrected chi connectivity index (χ4v) is 1.44. The maximum atomic E-state index is 12.4. The lowest BCUT2D eigenvalue weighted by Crippen LogP contribution is -2.02. The Morgan fingerprint density at radius 3 is 2.69 bits per heavy atom. The number of halogens is 3. The van der Waals surface area contributed by atoms with Crippen LogP contribution in [0.4, 0.5) is 14.5 Å². The van der Waals surface area contributed by atoms with Crippen molar-refractivity contribution in [1.82, 2.24) is 4.98 Å². The van der Waals surface area contributed by atoms with Gasteiger partial charge in [-0.3, -0.25) is 0 Å². The minimum Gasteiger partial charge on any atom is -0.397 e. The van der Waals surface area contributed by atoms with Gasteiger partial charge in [-0.2, -0.15) is 5.26 Å². The highest BCUT2D eigenvalue weighted by Gasteiger charge is 2.19. The van der Waals surface area contributed by atoms with E-state index in [9.17, 15) is 8.78 Å². The highest BCUT2D eigenvalue weighted by molar-refractivity contribution is 14.1. The Morgan fingerprint density at radius 1 is 1.62 bits per heavy atom. The second-order valence-corrected chi connectivity index (χ2v) is 3.28. The molecule has 0 saturated heterocycles. The fourth-order valence-electron chi connectivity index (χ4n) is 0.808. The molecule has 3 nitrogen and oxygen atoms in total. The van der Waals surface area contributed by atoms with Crippen molar-refractivity contribution in [3.8, 4) is 6.07 Å². The van der Waals surface area contributed by atoms with E-state index in [1.54, 1.807) is 28.7 Å². The molecular weight excluding hydrogens is 291 g/mol. The van der Waals surface area contributed by atoms with E-state index in [1.165, 1.54) is 6.20 Å². The number of aromatic nitrogens is 1. The number of hydrogen-bond acceptors (Lipinski definition) is 3. The monoisotopic (exact) mass is 295 g/mol. The van der Waals surface area contributed by atoms with E-state index in [4.69, 9.17) is 11.0 Å². The third-order valence-corrected chi connectivity index (χ3v) is 2.61. The molecule has 0 aliphatic carbocycles. The Hall–Kier alpha value is -0.970. The minimum absolute atomic E-state index is 0.162. The molecule has 0 aliphatic rings. The van der Waals surface area contributed by atoms with Crippen LogP contribution in [0.25, 0.3) is 0 Å². The van der Waals surface area contributed by atoms with E-state index in [0.29, 0.717) is 0 Å². The zero-order chi connectivity index (χ0) is 10.0. The van der Waals surface area contributed by atoms with Gasteiger partial charge >= 0.3 is 0 Å². The standard InChI is InChI=1S/C7H4F2IN3/c8-7(9)5-4(1-11)13-2-3(12)6(5)10/h2,7H,12H2. The smallest absolute Gasteiger partial charge is 0.267 e. The van der Waals surface area contributed by atoms with E-state index in [-0.39, 0.29) is 20.5 Å². The predicted octanol–water partition coefficient (Wildman–Crippen LogP) is 2.08. The summed E-state index contributed by atoms with van der Waals surface area (Å²) in [6.45, 7) is 0. The highest BCUT2D eigenvalue weighted by atomic mass is 127. The van der Waals surface area contributed by atoms with Crippen LogP contribution in [0.3, 0.4) is 0 Å².